The molecule has 0 aliphatic carbocycles. The number of hydrogen-bond acceptors (Lipinski definition) is 8. The predicted octanol–water partition coefficient (Wildman–Crippen LogP) is 1.73. The Morgan fingerprint density at radius 3 is 2.29 bits per heavy atom. The highest BCUT2D eigenvalue weighted by Gasteiger charge is 2.51. The summed E-state index contributed by atoms with van der Waals surface area (Å²) in [5.41, 5.74) is 0.361. The number of rotatable bonds is 8. The minimum absolute atomic E-state index is 0.0979. The van der Waals surface area contributed by atoms with E-state index in [4.69, 9.17) is 28.4 Å². The van der Waals surface area contributed by atoms with Crippen molar-refractivity contribution in [2.45, 2.75) is 37.6 Å². The maximum atomic E-state index is 12.6. The van der Waals surface area contributed by atoms with Gasteiger partial charge in [0.15, 0.2) is 18.5 Å². The zero-order valence-electron chi connectivity index (χ0n) is 16.4. The first kappa shape index (κ1) is 22.0. The van der Waals surface area contributed by atoms with E-state index in [2.05, 4.69) is 0 Å². The monoisotopic (exact) mass is 394 g/mol. The van der Waals surface area contributed by atoms with E-state index in [1.807, 2.05) is 0 Å². The summed E-state index contributed by atoms with van der Waals surface area (Å²) >= 11 is 0. The molecule has 28 heavy (non-hydrogen) atoms. The average Bonchev–Trinajstić information content (AvgIpc) is 2.70. The van der Waals surface area contributed by atoms with Crippen molar-refractivity contribution in [2.75, 3.05) is 27.9 Å². The van der Waals surface area contributed by atoms with Gasteiger partial charge in [-0.3, -0.25) is 0 Å². The lowest BCUT2D eigenvalue weighted by molar-refractivity contribution is -0.301. The van der Waals surface area contributed by atoms with Gasteiger partial charge in [-0.15, -0.1) is 0 Å². The first-order chi connectivity index (χ1) is 13.5. The van der Waals surface area contributed by atoms with E-state index in [1.165, 1.54) is 27.4 Å². The number of benzene rings is 1. The summed E-state index contributed by atoms with van der Waals surface area (Å²) in [6.07, 6.45) is -1.46. The Bertz CT molecular complexity index is 659. The first-order valence-corrected chi connectivity index (χ1v) is 8.85. The van der Waals surface area contributed by atoms with Crippen LogP contribution in [0.2, 0.25) is 0 Å². The molecule has 0 N–H and O–H groups in total. The molecular formula is C20H26O8. The van der Waals surface area contributed by atoms with E-state index in [9.17, 15) is 9.59 Å². The third-order valence-corrected chi connectivity index (χ3v) is 4.23. The number of ether oxygens (including phenoxy) is 6. The van der Waals surface area contributed by atoms with Crippen LogP contribution in [0.25, 0.3) is 0 Å². The smallest absolute Gasteiger partial charge is 0.338 e. The van der Waals surface area contributed by atoms with Crippen molar-refractivity contribution in [3.8, 4) is 0 Å². The standard InChI is InChI=1S/C20H26O8/c1-5-9-15(21)27-17-16(28-19(22)13-10-7-6-8-11-13)14(12-23-2)26-20(25-4)18(17)24-3/h5-11,14,16-18,20H,12H2,1-4H3/b9-5+/t14-,16+,17+,18-,20+/m1/s1. The summed E-state index contributed by atoms with van der Waals surface area (Å²) in [5.74, 6) is -1.17. The lowest BCUT2D eigenvalue weighted by Gasteiger charge is -2.43. The molecule has 1 aromatic carbocycles. The molecule has 0 spiro atoms. The van der Waals surface area contributed by atoms with Crippen molar-refractivity contribution >= 4 is 11.9 Å². The molecule has 0 aromatic heterocycles. The van der Waals surface area contributed by atoms with Crippen LogP contribution in [-0.4, -0.2) is 70.6 Å². The molecular weight excluding hydrogens is 368 g/mol. The molecule has 8 heteroatoms. The second-order valence-corrected chi connectivity index (χ2v) is 6.07. The van der Waals surface area contributed by atoms with Crippen molar-refractivity contribution in [3.63, 3.8) is 0 Å². The van der Waals surface area contributed by atoms with Crippen LogP contribution < -0.4 is 0 Å². The van der Waals surface area contributed by atoms with Gasteiger partial charge >= 0.3 is 11.9 Å². The summed E-state index contributed by atoms with van der Waals surface area (Å²) in [5, 5.41) is 0. The molecule has 1 aromatic rings. The van der Waals surface area contributed by atoms with E-state index in [1.54, 1.807) is 43.3 Å². The minimum atomic E-state index is -0.960. The normalized spacial score (nSPS) is 27.5. The molecule has 0 unspecified atom stereocenters. The predicted molar refractivity (Wildman–Crippen MR) is 98.7 cm³/mol. The summed E-state index contributed by atoms with van der Waals surface area (Å²) in [6.45, 7) is 1.79. The van der Waals surface area contributed by atoms with Gasteiger partial charge in [0, 0.05) is 27.4 Å². The fourth-order valence-electron chi connectivity index (χ4n) is 2.97. The van der Waals surface area contributed by atoms with Crippen LogP contribution in [0.5, 0.6) is 0 Å². The number of allylic oxidation sites excluding steroid dienone is 1. The lowest BCUT2D eigenvalue weighted by Crippen LogP contribution is -2.62. The van der Waals surface area contributed by atoms with Gasteiger partial charge in [0.25, 0.3) is 0 Å². The SMILES string of the molecule is C/C=C/C(=O)O[C@H]1[C@@H](OC(=O)c2ccccc2)[C@@H](COC)O[C@H](OC)[C@@H]1OC. The van der Waals surface area contributed by atoms with Crippen LogP contribution in [-0.2, 0) is 33.2 Å². The Balaban J connectivity index is 2.33. The van der Waals surface area contributed by atoms with E-state index in [-0.39, 0.29) is 6.61 Å². The molecule has 5 atom stereocenters. The molecule has 0 amide bonds. The molecule has 154 valence electrons. The van der Waals surface area contributed by atoms with Gasteiger partial charge < -0.3 is 28.4 Å². The molecule has 1 saturated heterocycles. The zero-order valence-corrected chi connectivity index (χ0v) is 16.4. The van der Waals surface area contributed by atoms with Crippen LogP contribution in [0, 0.1) is 0 Å². The molecule has 8 nitrogen and oxygen atoms in total. The van der Waals surface area contributed by atoms with E-state index < -0.39 is 42.6 Å². The lowest BCUT2D eigenvalue weighted by atomic mass is 9.98. The fourth-order valence-corrected chi connectivity index (χ4v) is 2.97. The van der Waals surface area contributed by atoms with Gasteiger partial charge in [0.1, 0.15) is 12.2 Å². The quantitative estimate of drug-likeness (QED) is 0.487. The second-order valence-electron chi connectivity index (χ2n) is 6.07. The molecule has 1 aliphatic rings. The van der Waals surface area contributed by atoms with Crippen LogP contribution in [0.1, 0.15) is 17.3 Å². The number of carbonyl (C=O) groups excluding carboxylic acids is 2. The molecule has 1 fully saturated rings. The van der Waals surface area contributed by atoms with Crippen molar-refractivity contribution in [1.29, 1.82) is 0 Å². The number of carbonyl (C=O) groups is 2. The fraction of sp³-hybridized carbons (Fsp3) is 0.500. The van der Waals surface area contributed by atoms with E-state index in [0.717, 1.165) is 0 Å². The van der Waals surface area contributed by atoms with Gasteiger partial charge in [0.05, 0.1) is 12.2 Å². The Hall–Kier alpha value is -2.26. The zero-order chi connectivity index (χ0) is 20.5. The summed E-state index contributed by atoms with van der Waals surface area (Å²) < 4.78 is 33.0. The number of esters is 2. The maximum Gasteiger partial charge on any atom is 0.338 e. The Kier molecular flexibility index (Phi) is 8.59. The molecule has 0 saturated carbocycles. The second kappa shape index (κ2) is 10.9. The summed E-state index contributed by atoms with van der Waals surface area (Å²) in [4.78, 5) is 24.7. The van der Waals surface area contributed by atoms with Crippen LogP contribution >= 0.6 is 0 Å². The van der Waals surface area contributed by atoms with Crippen molar-refractivity contribution in [3.05, 3.63) is 48.0 Å². The largest absolute Gasteiger partial charge is 0.452 e. The highest BCUT2D eigenvalue weighted by atomic mass is 16.7. The van der Waals surface area contributed by atoms with Gasteiger partial charge in [-0.1, -0.05) is 24.3 Å². The highest BCUT2D eigenvalue weighted by Crippen LogP contribution is 2.29. The third kappa shape index (κ3) is 5.39. The van der Waals surface area contributed by atoms with E-state index in [0.29, 0.717) is 5.56 Å². The molecule has 1 heterocycles. The summed E-state index contributed by atoms with van der Waals surface area (Å²) in [7, 11) is 4.37. The Morgan fingerprint density at radius 2 is 1.71 bits per heavy atom. The van der Waals surface area contributed by atoms with Crippen LogP contribution in [0.3, 0.4) is 0 Å². The average molecular weight is 394 g/mol. The third-order valence-electron chi connectivity index (χ3n) is 4.23. The number of methoxy groups -OCH3 is 3. The molecule has 0 radical (unpaired) electrons. The maximum absolute atomic E-state index is 12.6. The van der Waals surface area contributed by atoms with Crippen molar-refractivity contribution in [1.82, 2.24) is 0 Å². The highest BCUT2D eigenvalue weighted by molar-refractivity contribution is 5.89. The summed E-state index contributed by atoms with van der Waals surface area (Å²) in [6, 6.07) is 8.50. The van der Waals surface area contributed by atoms with Gasteiger partial charge in [0.2, 0.25) is 0 Å². The molecule has 1 aliphatic heterocycles. The van der Waals surface area contributed by atoms with E-state index >= 15 is 0 Å². The van der Waals surface area contributed by atoms with Crippen molar-refractivity contribution in [2.24, 2.45) is 0 Å². The first-order valence-electron chi connectivity index (χ1n) is 8.85. The van der Waals surface area contributed by atoms with Crippen LogP contribution in [0.15, 0.2) is 42.5 Å². The number of hydrogen-bond donors (Lipinski definition) is 0. The molecule has 0 bridgehead atoms. The Labute approximate surface area is 164 Å². The van der Waals surface area contributed by atoms with Crippen molar-refractivity contribution < 1.29 is 38.0 Å². The van der Waals surface area contributed by atoms with Gasteiger partial charge in [-0.2, -0.15) is 0 Å². The Morgan fingerprint density at radius 1 is 1.00 bits per heavy atom. The van der Waals surface area contributed by atoms with Gasteiger partial charge in [-0.25, -0.2) is 9.59 Å². The topological polar surface area (TPSA) is 89.5 Å². The van der Waals surface area contributed by atoms with Crippen LogP contribution in [0.4, 0.5) is 0 Å². The minimum Gasteiger partial charge on any atom is -0.452 e. The van der Waals surface area contributed by atoms with Gasteiger partial charge in [-0.05, 0) is 19.1 Å². The molecule has 2 rings (SSSR count).